The van der Waals surface area contributed by atoms with Gasteiger partial charge >= 0.3 is 0 Å². The summed E-state index contributed by atoms with van der Waals surface area (Å²) in [6.45, 7) is 10.5. The van der Waals surface area contributed by atoms with Gasteiger partial charge in [-0.2, -0.15) is 0 Å². The van der Waals surface area contributed by atoms with Gasteiger partial charge in [-0.3, -0.25) is 9.36 Å². The number of thiophene rings is 1. The van der Waals surface area contributed by atoms with Gasteiger partial charge in [0.15, 0.2) is 5.16 Å². The average Bonchev–Trinajstić information content (AvgIpc) is 3.04. The quantitative estimate of drug-likeness (QED) is 0.467. The first-order valence-electron chi connectivity index (χ1n) is 7.97. The summed E-state index contributed by atoms with van der Waals surface area (Å²) in [5, 5.41) is 2.70. The monoisotopic (exact) mass is 356 g/mol. The van der Waals surface area contributed by atoms with Crippen LogP contribution in [0, 0.1) is 20.8 Å². The number of hydrogen-bond donors (Lipinski definition) is 0. The van der Waals surface area contributed by atoms with Crippen LogP contribution in [0.4, 0.5) is 0 Å². The van der Waals surface area contributed by atoms with Gasteiger partial charge in [0.1, 0.15) is 4.70 Å². The zero-order valence-corrected chi connectivity index (χ0v) is 15.5. The van der Waals surface area contributed by atoms with E-state index in [-0.39, 0.29) is 5.56 Å². The van der Waals surface area contributed by atoms with Crippen LogP contribution in [0.15, 0.2) is 39.6 Å². The van der Waals surface area contributed by atoms with E-state index in [1.165, 1.54) is 28.0 Å². The Morgan fingerprint density at radius 3 is 2.92 bits per heavy atom. The van der Waals surface area contributed by atoms with E-state index in [0.717, 1.165) is 27.5 Å². The molecule has 0 unspecified atom stereocenters. The molecule has 0 spiro atoms. The van der Waals surface area contributed by atoms with Crippen molar-refractivity contribution in [1.29, 1.82) is 0 Å². The van der Waals surface area contributed by atoms with Crippen LogP contribution in [0.5, 0.6) is 0 Å². The molecule has 0 aliphatic carbocycles. The molecule has 0 aliphatic heterocycles. The lowest BCUT2D eigenvalue weighted by atomic mass is 10.1. The lowest BCUT2D eigenvalue weighted by Crippen LogP contribution is -2.22. The van der Waals surface area contributed by atoms with E-state index in [0.29, 0.717) is 13.0 Å². The SMILES string of the molecule is [CH]CCCn1c(SCc2cc(C)ccc2C)nc2ccsc2c1=O. The highest BCUT2D eigenvalue weighted by molar-refractivity contribution is 7.98. The normalized spacial score (nSPS) is 11.3. The Labute approximate surface area is 150 Å². The molecule has 24 heavy (non-hydrogen) atoms. The molecule has 0 atom stereocenters. The highest BCUT2D eigenvalue weighted by Gasteiger charge is 2.13. The molecular formula is C19H20N2OS2. The average molecular weight is 357 g/mol. The molecule has 1 aromatic carbocycles. The topological polar surface area (TPSA) is 34.9 Å². The van der Waals surface area contributed by atoms with Gasteiger partial charge in [-0.1, -0.05) is 35.5 Å². The molecule has 2 heterocycles. The van der Waals surface area contributed by atoms with Gasteiger partial charge in [-0.25, -0.2) is 4.98 Å². The zero-order chi connectivity index (χ0) is 17.1. The third-order valence-corrected chi connectivity index (χ3v) is 5.89. The molecule has 0 saturated carbocycles. The number of fused-ring (bicyclic) bond motifs is 1. The van der Waals surface area contributed by atoms with Crippen LogP contribution >= 0.6 is 23.1 Å². The summed E-state index contributed by atoms with van der Waals surface area (Å²) in [5.74, 6) is 0.804. The third-order valence-electron chi connectivity index (χ3n) is 3.98. The summed E-state index contributed by atoms with van der Waals surface area (Å²) < 4.78 is 2.50. The molecule has 0 saturated heterocycles. The molecule has 0 fully saturated rings. The number of unbranched alkanes of at least 4 members (excludes halogenated alkanes) is 1. The molecule has 0 aliphatic rings. The maximum absolute atomic E-state index is 12.7. The van der Waals surface area contributed by atoms with Crippen molar-refractivity contribution in [3.05, 3.63) is 63.6 Å². The predicted molar refractivity (Wildman–Crippen MR) is 103 cm³/mol. The van der Waals surface area contributed by atoms with Gasteiger partial charge in [0.2, 0.25) is 0 Å². The summed E-state index contributed by atoms with van der Waals surface area (Å²) in [5.41, 5.74) is 4.63. The predicted octanol–water partition coefficient (Wildman–Crippen LogP) is 4.86. The smallest absolute Gasteiger partial charge is 0.272 e. The Balaban J connectivity index is 1.95. The fourth-order valence-corrected chi connectivity index (χ4v) is 4.45. The van der Waals surface area contributed by atoms with Crippen molar-refractivity contribution in [1.82, 2.24) is 9.55 Å². The van der Waals surface area contributed by atoms with Crippen molar-refractivity contribution in [3.63, 3.8) is 0 Å². The largest absolute Gasteiger partial charge is 0.286 e. The maximum Gasteiger partial charge on any atom is 0.272 e. The molecule has 3 aromatic rings. The summed E-state index contributed by atoms with van der Waals surface area (Å²) in [6.07, 6.45) is 1.34. The van der Waals surface area contributed by atoms with Gasteiger partial charge < -0.3 is 0 Å². The summed E-state index contributed by atoms with van der Waals surface area (Å²) in [7, 11) is 0. The number of hydrogen-bond acceptors (Lipinski definition) is 4. The number of benzene rings is 1. The molecule has 0 amide bonds. The van der Waals surface area contributed by atoms with Crippen LogP contribution in [-0.2, 0) is 12.3 Å². The molecule has 5 heteroatoms. The van der Waals surface area contributed by atoms with Gasteiger partial charge in [0.25, 0.3) is 5.56 Å². The van der Waals surface area contributed by atoms with E-state index in [4.69, 9.17) is 11.9 Å². The highest BCUT2D eigenvalue weighted by Crippen LogP contribution is 2.26. The number of aromatic nitrogens is 2. The lowest BCUT2D eigenvalue weighted by molar-refractivity contribution is 0.568. The summed E-state index contributed by atoms with van der Waals surface area (Å²) in [6, 6.07) is 8.38. The molecule has 2 radical (unpaired) electrons. The Morgan fingerprint density at radius 2 is 2.12 bits per heavy atom. The first-order chi connectivity index (χ1) is 11.6. The number of aryl methyl sites for hydroxylation is 2. The van der Waals surface area contributed by atoms with Crippen molar-refractivity contribution in [2.24, 2.45) is 0 Å². The Bertz CT molecular complexity index is 911. The fourth-order valence-electron chi connectivity index (χ4n) is 2.58. The Morgan fingerprint density at radius 1 is 1.29 bits per heavy atom. The van der Waals surface area contributed by atoms with Gasteiger partial charge in [0.05, 0.1) is 5.52 Å². The highest BCUT2D eigenvalue weighted by atomic mass is 32.2. The van der Waals surface area contributed by atoms with Crippen LogP contribution in [-0.4, -0.2) is 9.55 Å². The van der Waals surface area contributed by atoms with Crippen molar-refractivity contribution >= 4 is 33.3 Å². The standard InChI is InChI=1S/C19H20N2OS2/c1-4-5-9-21-18(22)17-16(8-10-23-17)20-19(21)24-12-15-11-13(2)6-7-14(15)3/h1,6-8,10-11H,4-5,9,12H2,2-3H3. The maximum atomic E-state index is 12.7. The van der Waals surface area contributed by atoms with Gasteiger partial charge in [-0.15, -0.1) is 11.3 Å². The minimum Gasteiger partial charge on any atom is -0.286 e. The lowest BCUT2D eigenvalue weighted by Gasteiger charge is -2.12. The molecule has 124 valence electrons. The number of nitrogens with zero attached hydrogens (tertiary/aromatic N) is 2. The zero-order valence-electron chi connectivity index (χ0n) is 13.9. The van der Waals surface area contributed by atoms with E-state index in [1.807, 2.05) is 11.4 Å². The van der Waals surface area contributed by atoms with Crippen LogP contribution in [0.1, 0.15) is 29.5 Å². The van der Waals surface area contributed by atoms with Gasteiger partial charge in [0, 0.05) is 12.3 Å². The van der Waals surface area contributed by atoms with Crippen molar-refractivity contribution in [2.45, 2.75) is 44.1 Å². The summed E-state index contributed by atoms with van der Waals surface area (Å²) >= 11 is 3.07. The Kier molecular flexibility index (Phi) is 5.41. The molecular weight excluding hydrogens is 336 g/mol. The molecule has 0 bridgehead atoms. The van der Waals surface area contributed by atoms with Crippen LogP contribution in [0.2, 0.25) is 0 Å². The van der Waals surface area contributed by atoms with Gasteiger partial charge in [-0.05, 0) is 56.2 Å². The second kappa shape index (κ2) is 7.53. The van der Waals surface area contributed by atoms with Crippen molar-refractivity contribution in [3.8, 4) is 0 Å². The van der Waals surface area contributed by atoms with Crippen molar-refractivity contribution in [2.75, 3.05) is 0 Å². The molecule has 3 rings (SSSR count). The van der Waals surface area contributed by atoms with Crippen LogP contribution in [0.3, 0.4) is 0 Å². The first kappa shape index (κ1) is 17.2. The van der Waals surface area contributed by atoms with E-state index in [9.17, 15) is 4.79 Å². The number of thioether (sulfide) groups is 1. The Hall–Kier alpha value is -1.59. The number of rotatable bonds is 6. The minimum atomic E-state index is 0.0481. The second-order valence-electron chi connectivity index (χ2n) is 5.85. The van der Waals surface area contributed by atoms with E-state index in [2.05, 4.69) is 32.0 Å². The van der Waals surface area contributed by atoms with Crippen molar-refractivity contribution < 1.29 is 0 Å². The first-order valence-corrected chi connectivity index (χ1v) is 9.83. The van der Waals surface area contributed by atoms with Crippen LogP contribution in [0.25, 0.3) is 10.2 Å². The molecule has 0 N–H and O–H groups in total. The molecule has 3 nitrogen and oxygen atoms in total. The third kappa shape index (κ3) is 3.57. The van der Waals surface area contributed by atoms with E-state index >= 15 is 0 Å². The fraction of sp³-hybridized carbons (Fsp3) is 0.316. The molecule has 2 aromatic heterocycles. The van der Waals surface area contributed by atoms with E-state index in [1.54, 1.807) is 16.3 Å². The minimum absolute atomic E-state index is 0.0481. The van der Waals surface area contributed by atoms with E-state index < -0.39 is 0 Å². The van der Waals surface area contributed by atoms with Crippen LogP contribution < -0.4 is 5.56 Å². The summed E-state index contributed by atoms with van der Waals surface area (Å²) in [4.78, 5) is 17.4. The second-order valence-corrected chi connectivity index (χ2v) is 7.71.